The molecular weight excluding hydrogens is 430 g/mol. The predicted octanol–water partition coefficient (Wildman–Crippen LogP) is 3.88. The smallest absolute Gasteiger partial charge is 0.262 e. The number of hydrogen-bond acceptors (Lipinski definition) is 7. The number of aromatic nitrogens is 4. The Bertz CT molecular complexity index is 1340. The molecule has 0 saturated carbocycles. The molecule has 0 atom stereocenters. The normalized spacial score (nSPS) is 11.2. The van der Waals surface area contributed by atoms with Crippen molar-refractivity contribution in [1.82, 2.24) is 19.7 Å². The minimum Gasteiger partial charge on any atom is -0.496 e. The van der Waals surface area contributed by atoms with E-state index < -0.39 is 10.0 Å². The molecule has 0 aliphatic heterocycles. The first-order valence-electron chi connectivity index (χ1n) is 9.64. The van der Waals surface area contributed by atoms with Crippen molar-refractivity contribution in [2.24, 2.45) is 0 Å². The van der Waals surface area contributed by atoms with E-state index in [2.05, 4.69) is 19.8 Å². The van der Waals surface area contributed by atoms with Gasteiger partial charge in [-0.2, -0.15) is 5.10 Å². The third kappa shape index (κ3) is 4.40. The summed E-state index contributed by atoms with van der Waals surface area (Å²) >= 11 is 0. The highest BCUT2D eigenvalue weighted by molar-refractivity contribution is 7.92. The van der Waals surface area contributed by atoms with Gasteiger partial charge >= 0.3 is 0 Å². The summed E-state index contributed by atoms with van der Waals surface area (Å²) in [5.74, 6) is 2.04. The maximum absolute atomic E-state index is 12.9. The van der Waals surface area contributed by atoms with Crippen molar-refractivity contribution in [3.63, 3.8) is 0 Å². The van der Waals surface area contributed by atoms with Crippen LogP contribution >= 0.6 is 0 Å². The van der Waals surface area contributed by atoms with Gasteiger partial charge in [0, 0.05) is 24.1 Å². The molecule has 0 bridgehead atoms. The third-order valence-electron chi connectivity index (χ3n) is 4.89. The lowest BCUT2D eigenvalue weighted by Gasteiger charge is -2.14. The zero-order valence-electron chi connectivity index (χ0n) is 17.7. The number of nitrogens with zero attached hydrogens (tertiary/aromatic N) is 4. The van der Waals surface area contributed by atoms with Gasteiger partial charge < -0.3 is 9.47 Å². The second kappa shape index (κ2) is 8.67. The molecule has 0 saturated heterocycles. The van der Waals surface area contributed by atoms with E-state index in [-0.39, 0.29) is 4.90 Å². The molecule has 2 aromatic carbocycles. The zero-order valence-corrected chi connectivity index (χ0v) is 18.5. The van der Waals surface area contributed by atoms with E-state index in [4.69, 9.17) is 9.47 Å². The van der Waals surface area contributed by atoms with Gasteiger partial charge in [-0.3, -0.25) is 4.72 Å². The number of nitrogens with one attached hydrogen (secondary N) is 1. The fourth-order valence-corrected chi connectivity index (χ4v) is 4.48. The monoisotopic (exact) mass is 451 g/mol. The summed E-state index contributed by atoms with van der Waals surface area (Å²) < 4.78 is 41.0. The van der Waals surface area contributed by atoms with Crippen molar-refractivity contribution >= 4 is 15.7 Å². The number of anilines is 1. The number of methoxy groups -OCH3 is 1. The van der Waals surface area contributed by atoms with Crippen LogP contribution in [0.5, 0.6) is 17.4 Å². The minimum absolute atomic E-state index is 0.197. The van der Waals surface area contributed by atoms with Crippen LogP contribution in [0, 0.1) is 13.8 Å². The van der Waals surface area contributed by atoms with E-state index in [1.54, 1.807) is 73.6 Å². The van der Waals surface area contributed by atoms with Crippen molar-refractivity contribution in [2.45, 2.75) is 18.7 Å². The van der Waals surface area contributed by atoms with Crippen LogP contribution < -0.4 is 14.2 Å². The van der Waals surface area contributed by atoms with E-state index >= 15 is 0 Å². The lowest BCUT2D eigenvalue weighted by atomic mass is 10.1. The van der Waals surface area contributed by atoms with Crippen LogP contribution in [-0.4, -0.2) is 35.3 Å². The van der Waals surface area contributed by atoms with E-state index in [1.165, 1.54) is 12.4 Å². The summed E-state index contributed by atoms with van der Waals surface area (Å²) in [5.41, 5.74) is 1.82. The number of sulfonamides is 1. The van der Waals surface area contributed by atoms with Crippen molar-refractivity contribution < 1.29 is 17.9 Å². The summed E-state index contributed by atoms with van der Waals surface area (Å²) in [6.07, 6.45) is 4.80. The average molecular weight is 452 g/mol. The highest BCUT2D eigenvalue weighted by Crippen LogP contribution is 2.29. The van der Waals surface area contributed by atoms with Crippen LogP contribution in [0.4, 0.5) is 5.69 Å². The molecule has 0 aliphatic carbocycles. The van der Waals surface area contributed by atoms with E-state index in [0.29, 0.717) is 34.4 Å². The Labute approximate surface area is 185 Å². The second-order valence-corrected chi connectivity index (χ2v) is 8.56. The molecule has 9 nitrogen and oxygen atoms in total. The summed E-state index contributed by atoms with van der Waals surface area (Å²) in [6, 6.07) is 13.2. The molecule has 0 fully saturated rings. The summed E-state index contributed by atoms with van der Waals surface area (Å²) in [7, 11) is -2.22. The maximum atomic E-state index is 12.9. The van der Waals surface area contributed by atoms with Crippen molar-refractivity contribution in [3.05, 3.63) is 78.4 Å². The first-order valence-corrected chi connectivity index (χ1v) is 11.1. The van der Waals surface area contributed by atoms with Gasteiger partial charge in [0.25, 0.3) is 10.0 Å². The standard InChI is InChI=1S/C22H21N5O4S/c1-15-16(2)20(10-9-19(15)30-3)32(28,29)26-17-5-7-18(8-6-17)31-22-13-21(23-14-24-22)27-12-4-11-25-27/h4-14,26H,1-3H3. The van der Waals surface area contributed by atoms with Gasteiger partial charge in [0.2, 0.25) is 5.88 Å². The zero-order chi connectivity index (χ0) is 22.7. The second-order valence-electron chi connectivity index (χ2n) is 6.91. The molecule has 10 heteroatoms. The predicted molar refractivity (Wildman–Crippen MR) is 119 cm³/mol. The molecule has 4 aromatic rings. The summed E-state index contributed by atoms with van der Waals surface area (Å²) in [5, 5.41) is 4.13. The molecule has 0 unspecified atom stereocenters. The Morgan fingerprint density at radius 1 is 1.00 bits per heavy atom. The lowest BCUT2D eigenvalue weighted by Crippen LogP contribution is -2.15. The van der Waals surface area contributed by atoms with Crippen LogP contribution in [0.15, 0.2) is 72.1 Å². The lowest BCUT2D eigenvalue weighted by molar-refractivity contribution is 0.410. The number of hydrogen-bond donors (Lipinski definition) is 1. The molecule has 0 aliphatic rings. The molecule has 0 amide bonds. The van der Waals surface area contributed by atoms with Crippen LogP contribution in [0.25, 0.3) is 5.82 Å². The van der Waals surface area contributed by atoms with Crippen LogP contribution in [-0.2, 0) is 10.0 Å². The minimum atomic E-state index is -3.77. The molecule has 0 spiro atoms. The molecule has 2 aromatic heterocycles. The quantitative estimate of drug-likeness (QED) is 0.454. The van der Waals surface area contributed by atoms with E-state index in [1.807, 2.05) is 6.92 Å². The largest absolute Gasteiger partial charge is 0.496 e. The molecule has 32 heavy (non-hydrogen) atoms. The Morgan fingerprint density at radius 3 is 2.47 bits per heavy atom. The van der Waals surface area contributed by atoms with Gasteiger partial charge in [0.1, 0.15) is 17.8 Å². The van der Waals surface area contributed by atoms with Gasteiger partial charge in [-0.1, -0.05) is 0 Å². The molecule has 2 heterocycles. The number of rotatable bonds is 7. The van der Waals surface area contributed by atoms with Crippen LogP contribution in [0.1, 0.15) is 11.1 Å². The highest BCUT2D eigenvalue weighted by Gasteiger charge is 2.19. The van der Waals surface area contributed by atoms with Crippen LogP contribution in [0.2, 0.25) is 0 Å². The van der Waals surface area contributed by atoms with Crippen molar-refractivity contribution in [3.8, 4) is 23.2 Å². The topological polar surface area (TPSA) is 108 Å². The summed E-state index contributed by atoms with van der Waals surface area (Å²) in [6.45, 7) is 3.58. The molecule has 164 valence electrons. The number of benzene rings is 2. The van der Waals surface area contributed by atoms with Gasteiger partial charge in [-0.25, -0.2) is 23.1 Å². The third-order valence-corrected chi connectivity index (χ3v) is 6.42. The van der Waals surface area contributed by atoms with Gasteiger partial charge in [0.05, 0.1) is 12.0 Å². The van der Waals surface area contributed by atoms with E-state index in [9.17, 15) is 8.42 Å². The van der Waals surface area contributed by atoms with Gasteiger partial charge in [0.15, 0.2) is 5.82 Å². The first kappa shape index (κ1) is 21.3. The molecule has 1 N–H and O–H groups in total. The van der Waals surface area contributed by atoms with Gasteiger partial charge in [-0.15, -0.1) is 0 Å². The Hall–Kier alpha value is -3.92. The van der Waals surface area contributed by atoms with Gasteiger partial charge in [-0.05, 0) is 67.4 Å². The SMILES string of the molecule is COc1ccc(S(=O)(=O)Nc2ccc(Oc3cc(-n4cccn4)ncn3)cc2)c(C)c1C. The Morgan fingerprint density at radius 2 is 1.78 bits per heavy atom. The first-order chi connectivity index (χ1) is 15.4. The van der Waals surface area contributed by atoms with Crippen LogP contribution in [0.3, 0.4) is 0 Å². The molecule has 0 radical (unpaired) electrons. The van der Waals surface area contributed by atoms with E-state index in [0.717, 1.165) is 5.56 Å². The van der Waals surface area contributed by atoms with Crippen molar-refractivity contribution in [1.29, 1.82) is 0 Å². The van der Waals surface area contributed by atoms with Crippen molar-refractivity contribution in [2.75, 3.05) is 11.8 Å². The fourth-order valence-electron chi connectivity index (χ4n) is 3.12. The maximum Gasteiger partial charge on any atom is 0.262 e. The fraction of sp³-hybridized carbons (Fsp3) is 0.136. The highest BCUT2D eigenvalue weighted by atomic mass is 32.2. The average Bonchev–Trinajstić information content (AvgIpc) is 3.32. The Balaban J connectivity index is 1.50. The molecule has 4 rings (SSSR count). The Kier molecular flexibility index (Phi) is 5.78. The molecular formula is C22H21N5O4S. The number of ether oxygens (including phenoxy) is 2. The summed E-state index contributed by atoms with van der Waals surface area (Å²) in [4.78, 5) is 8.45.